The number of halogens is 3. The Kier molecular flexibility index (Phi) is 2.67. The normalized spacial score (nSPS) is 11.9. The lowest BCUT2D eigenvalue weighted by Gasteiger charge is -2.06. The van der Waals surface area contributed by atoms with Crippen LogP contribution < -0.4 is 5.73 Å². The summed E-state index contributed by atoms with van der Waals surface area (Å²) in [5.41, 5.74) is 7.42. The minimum atomic E-state index is -4.33. The highest BCUT2D eigenvalue weighted by Gasteiger charge is 2.30. The molecule has 1 aromatic carbocycles. The van der Waals surface area contributed by atoms with E-state index >= 15 is 0 Å². The molecule has 2 heterocycles. The third-order valence-electron chi connectivity index (χ3n) is 3.02. The van der Waals surface area contributed by atoms with Gasteiger partial charge in [-0.25, -0.2) is 4.98 Å². The maximum absolute atomic E-state index is 12.5. The second-order valence-corrected chi connectivity index (χ2v) is 4.40. The Morgan fingerprint density at radius 3 is 2.35 bits per heavy atom. The third kappa shape index (κ3) is 2.09. The molecule has 3 aromatic rings. The highest BCUT2D eigenvalue weighted by atomic mass is 19.4. The van der Waals surface area contributed by atoms with Crippen molar-refractivity contribution in [3.05, 3.63) is 54.4 Å². The predicted octanol–water partition coefficient (Wildman–Crippen LogP) is 3.60. The summed E-state index contributed by atoms with van der Waals surface area (Å²) in [5, 5.41) is 0. The minimum Gasteiger partial charge on any atom is -0.396 e. The number of benzene rings is 1. The number of rotatable bonds is 1. The molecule has 102 valence electrons. The molecule has 2 aromatic heterocycles. The molecule has 6 heteroatoms. The maximum Gasteiger partial charge on any atom is 0.416 e. The number of imidazole rings is 1. The number of fused-ring (bicyclic) bond motifs is 1. The standard InChI is InChI=1S/C14H10F3N3/c15-14(16,17)10-5-3-9(4-6-10)12-8-20-7-1-2-11(18)13(20)19-12/h1-8H,18H2. The first-order valence-corrected chi connectivity index (χ1v) is 5.86. The van der Waals surface area contributed by atoms with E-state index in [4.69, 9.17) is 5.73 Å². The SMILES string of the molecule is Nc1cccn2cc(-c3ccc(C(F)(F)F)cc3)nc12. The summed E-state index contributed by atoms with van der Waals surface area (Å²) in [6, 6.07) is 8.40. The van der Waals surface area contributed by atoms with Crippen molar-refractivity contribution in [1.29, 1.82) is 0 Å². The van der Waals surface area contributed by atoms with Crippen molar-refractivity contribution in [3.8, 4) is 11.3 Å². The first kappa shape index (κ1) is 12.5. The molecule has 0 unspecified atom stereocenters. The summed E-state index contributed by atoms with van der Waals surface area (Å²) >= 11 is 0. The molecule has 0 aliphatic carbocycles. The first-order chi connectivity index (χ1) is 9.45. The number of anilines is 1. The molecule has 0 saturated carbocycles. The highest BCUT2D eigenvalue weighted by molar-refractivity contribution is 5.70. The van der Waals surface area contributed by atoms with Crippen LogP contribution in [0.5, 0.6) is 0 Å². The number of nitrogens with two attached hydrogens (primary N) is 1. The summed E-state index contributed by atoms with van der Waals surface area (Å²) in [7, 11) is 0. The molecule has 0 aliphatic heterocycles. The average molecular weight is 277 g/mol. The molecule has 0 spiro atoms. The molecule has 0 radical (unpaired) electrons. The number of nitrogens with zero attached hydrogens (tertiary/aromatic N) is 2. The van der Waals surface area contributed by atoms with Gasteiger partial charge in [0.1, 0.15) is 0 Å². The van der Waals surface area contributed by atoms with E-state index in [1.54, 1.807) is 28.9 Å². The van der Waals surface area contributed by atoms with Crippen LogP contribution in [0.3, 0.4) is 0 Å². The van der Waals surface area contributed by atoms with Gasteiger partial charge in [-0.15, -0.1) is 0 Å². The smallest absolute Gasteiger partial charge is 0.396 e. The Bertz CT molecular complexity index is 757. The number of hydrogen-bond donors (Lipinski definition) is 1. The third-order valence-corrected chi connectivity index (χ3v) is 3.02. The van der Waals surface area contributed by atoms with Gasteiger partial charge in [0.25, 0.3) is 0 Å². The van der Waals surface area contributed by atoms with Crippen LogP contribution in [-0.2, 0) is 6.18 Å². The summed E-state index contributed by atoms with van der Waals surface area (Å²) in [5.74, 6) is 0. The molecular weight excluding hydrogens is 267 g/mol. The van der Waals surface area contributed by atoms with Crippen molar-refractivity contribution in [2.75, 3.05) is 5.73 Å². The van der Waals surface area contributed by atoms with E-state index in [2.05, 4.69) is 4.98 Å². The van der Waals surface area contributed by atoms with Crippen molar-refractivity contribution in [1.82, 2.24) is 9.38 Å². The van der Waals surface area contributed by atoms with Crippen molar-refractivity contribution in [2.24, 2.45) is 0 Å². The molecule has 0 bridgehead atoms. The van der Waals surface area contributed by atoms with E-state index in [1.165, 1.54) is 12.1 Å². The monoisotopic (exact) mass is 277 g/mol. The van der Waals surface area contributed by atoms with Crippen molar-refractivity contribution in [2.45, 2.75) is 6.18 Å². The molecule has 0 saturated heterocycles. The van der Waals surface area contributed by atoms with Crippen LogP contribution in [0.1, 0.15) is 5.56 Å². The number of aromatic nitrogens is 2. The molecule has 0 aliphatic rings. The zero-order valence-corrected chi connectivity index (χ0v) is 10.2. The van der Waals surface area contributed by atoms with Gasteiger partial charge in [-0.3, -0.25) is 0 Å². The van der Waals surface area contributed by atoms with E-state index in [-0.39, 0.29) is 0 Å². The van der Waals surface area contributed by atoms with Gasteiger partial charge in [0.15, 0.2) is 5.65 Å². The van der Waals surface area contributed by atoms with Crippen LogP contribution in [0.4, 0.5) is 18.9 Å². The Labute approximate surface area is 112 Å². The lowest BCUT2D eigenvalue weighted by Crippen LogP contribution is -2.03. The fraction of sp³-hybridized carbons (Fsp3) is 0.0714. The molecule has 0 amide bonds. The van der Waals surface area contributed by atoms with Crippen molar-refractivity contribution < 1.29 is 13.2 Å². The van der Waals surface area contributed by atoms with Crippen LogP contribution in [-0.4, -0.2) is 9.38 Å². The predicted molar refractivity (Wildman–Crippen MR) is 70.0 cm³/mol. The number of pyridine rings is 1. The summed E-state index contributed by atoms with van der Waals surface area (Å²) in [4.78, 5) is 4.33. The molecule has 3 nitrogen and oxygen atoms in total. The number of hydrogen-bond acceptors (Lipinski definition) is 2. The van der Waals surface area contributed by atoms with Crippen molar-refractivity contribution in [3.63, 3.8) is 0 Å². The molecule has 0 fully saturated rings. The fourth-order valence-electron chi connectivity index (χ4n) is 2.00. The van der Waals surface area contributed by atoms with Gasteiger partial charge in [0.2, 0.25) is 0 Å². The Morgan fingerprint density at radius 2 is 1.75 bits per heavy atom. The largest absolute Gasteiger partial charge is 0.416 e. The van der Waals surface area contributed by atoms with Crippen LogP contribution in [0, 0.1) is 0 Å². The minimum absolute atomic E-state index is 0.519. The first-order valence-electron chi connectivity index (χ1n) is 5.86. The zero-order valence-electron chi connectivity index (χ0n) is 10.2. The van der Waals surface area contributed by atoms with Crippen LogP contribution in [0.25, 0.3) is 16.9 Å². The molecular formula is C14H10F3N3. The lowest BCUT2D eigenvalue weighted by molar-refractivity contribution is -0.137. The van der Waals surface area contributed by atoms with Gasteiger partial charge >= 0.3 is 6.18 Å². The Hall–Kier alpha value is -2.50. The van der Waals surface area contributed by atoms with Crippen LogP contribution in [0.2, 0.25) is 0 Å². The van der Waals surface area contributed by atoms with E-state index in [9.17, 15) is 13.2 Å². The lowest BCUT2D eigenvalue weighted by atomic mass is 10.1. The number of nitrogen functional groups attached to an aromatic ring is 1. The molecule has 0 atom stereocenters. The maximum atomic E-state index is 12.5. The Balaban J connectivity index is 2.05. The van der Waals surface area contributed by atoms with Gasteiger partial charge in [0.05, 0.1) is 16.9 Å². The van der Waals surface area contributed by atoms with E-state index in [1.807, 2.05) is 0 Å². The Morgan fingerprint density at radius 1 is 1.05 bits per heavy atom. The van der Waals surface area contributed by atoms with Gasteiger partial charge in [0, 0.05) is 18.0 Å². The van der Waals surface area contributed by atoms with Crippen LogP contribution >= 0.6 is 0 Å². The van der Waals surface area contributed by atoms with E-state index in [0.29, 0.717) is 22.6 Å². The summed E-state index contributed by atoms with van der Waals surface area (Å²) in [6.45, 7) is 0. The topological polar surface area (TPSA) is 43.3 Å². The van der Waals surface area contributed by atoms with Crippen molar-refractivity contribution >= 4 is 11.3 Å². The van der Waals surface area contributed by atoms with Gasteiger partial charge in [-0.2, -0.15) is 13.2 Å². The van der Waals surface area contributed by atoms with E-state index in [0.717, 1.165) is 12.1 Å². The van der Waals surface area contributed by atoms with E-state index < -0.39 is 11.7 Å². The highest BCUT2D eigenvalue weighted by Crippen LogP contribution is 2.31. The fourth-order valence-corrected chi connectivity index (χ4v) is 2.00. The average Bonchev–Trinajstić information content (AvgIpc) is 2.83. The molecule has 2 N–H and O–H groups in total. The number of alkyl halides is 3. The van der Waals surface area contributed by atoms with Gasteiger partial charge in [-0.05, 0) is 24.3 Å². The zero-order chi connectivity index (χ0) is 14.3. The quantitative estimate of drug-likeness (QED) is 0.738. The molecule has 3 rings (SSSR count). The van der Waals surface area contributed by atoms with Gasteiger partial charge in [-0.1, -0.05) is 12.1 Å². The summed E-state index contributed by atoms with van der Waals surface area (Å²) < 4.78 is 39.3. The van der Waals surface area contributed by atoms with Gasteiger partial charge < -0.3 is 10.1 Å². The van der Waals surface area contributed by atoms with Crippen LogP contribution in [0.15, 0.2) is 48.8 Å². The summed E-state index contributed by atoms with van der Waals surface area (Å²) in [6.07, 6.45) is -0.817. The second kappa shape index (κ2) is 4.26. The molecule has 20 heavy (non-hydrogen) atoms. The second-order valence-electron chi connectivity index (χ2n) is 4.40.